The minimum Gasteiger partial charge on any atom is -0.508 e. The molecule has 1 aliphatic rings. The van der Waals surface area contributed by atoms with E-state index in [-0.39, 0.29) is 49.3 Å². The number of guanidine groups is 1. The van der Waals surface area contributed by atoms with E-state index in [9.17, 15) is 43.5 Å². The Labute approximate surface area is 389 Å². The molecule has 20 heteroatoms. The number of hydrogen-bond acceptors (Lipinski definition) is 10. The number of likely N-dealkylation sites (N-methyl/N-ethyl adjacent to an activating group) is 1. The fourth-order valence-corrected chi connectivity index (χ4v) is 7.64. The topological polar surface area (TPSA) is 309 Å². The van der Waals surface area contributed by atoms with Crippen LogP contribution < -0.4 is 48.7 Å². The summed E-state index contributed by atoms with van der Waals surface area (Å²) in [4.78, 5) is 115. The number of carbonyl (C=O) groups is 8. The van der Waals surface area contributed by atoms with Crippen LogP contribution in [0.1, 0.15) is 119 Å². The lowest BCUT2D eigenvalue weighted by atomic mass is 9.95. The molecule has 1 aromatic rings. The van der Waals surface area contributed by atoms with Gasteiger partial charge in [0, 0.05) is 33.0 Å². The Balaban J connectivity index is 2.44. The molecule has 0 spiro atoms. The summed E-state index contributed by atoms with van der Waals surface area (Å²) in [5, 5.41) is 29.4. The molecular weight excluding hydrogens is 851 g/mol. The van der Waals surface area contributed by atoms with Crippen LogP contribution in [0, 0.1) is 17.8 Å². The molecule has 8 amide bonds. The molecular formula is C46H77N11O9. The molecule has 1 unspecified atom stereocenters. The molecule has 0 bridgehead atoms. The number of nitrogens with zero attached hydrogens (tertiary/aromatic N) is 2. The van der Waals surface area contributed by atoms with E-state index in [2.05, 4.69) is 42.2 Å². The van der Waals surface area contributed by atoms with Gasteiger partial charge in [0.05, 0.1) is 0 Å². The van der Waals surface area contributed by atoms with Gasteiger partial charge in [-0.3, -0.25) is 43.3 Å². The molecule has 370 valence electrons. The summed E-state index contributed by atoms with van der Waals surface area (Å²) < 4.78 is 0. The molecule has 0 aromatic heterocycles. The Morgan fingerprint density at radius 1 is 0.712 bits per heavy atom. The molecule has 0 saturated carbocycles. The smallest absolute Gasteiger partial charge is 0.245 e. The number of phenols is 1. The highest BCUT2D eigenvalue weighted by atomic mass is 16.3. The van der Waals surface area contributed by atoms with Crippen molar-refractivity contribution >= 4 is 53.2 Å². The Kier molecular flexibility index (Phi) is 24.0. The number of carbonyl (C=O) groups excluding carboxylic acids is 8. The van der Waals surface area contributed by atoms with Crippen molar-refractivity contribution in [2.75, 3.05) is 19.6 Å². The van der Waals surface area contributed by atoms with Gasteiger partial charge in [-0.1, -0.05) is 79.9 Å². The molecule has 66 heavy (non-hydrogen) atoms. The van der Waals surface area contributed by atoms with Crippen LogP contribution in [-0.2, 0) is 44.8 Å². The first-order valence-electron chi connectivity index (χ1n) is 23.4. The lowest BCUT2D eigenvalue weighted by molar-refractivity contribution is -0.142. The molecule has 1 fully saturated rings. The zero-order valence-corrected chi connectivity index (χ0v) is 40.3. The van der Waals surface area contributed by atoms with Crippen molar-refractivity contribution in [2.45, 2.75) is 162 Å². The van der Waals surface area contributed by atoms with Crippen LogP contribution in [0.15, 0.2) is 29.3 Å². The van der Waals surface area contributed by atoms with Crippen LogP contribution in [-0.4, -0.2) is 125 Å². The molecule has 0 radical (unpaired) electrons. The Bertz CT molecular complexity index is 1820. The van der Waals surface area contributed by atoms with Crippen molar-refractivity contribution in [3.8, 4) is 5.75 Å². The molecule has 1 aromatic carbocycles. The van der Waals surface area contributed by atoms with Crippen molar-refractivity contribution in [1.29, 1.82) is 0 Å². The lowest BCUT2D eigenvalue weighted by Gasteiger charge is -2.31. The standard InChI is InChI=1S/C46H77N11O9/c1-10-16-32(39(60)55-37(27(7)11-2)43(64)53-33(17-14-23-50-46(47)48)45(66)57-24-15-18-35(57)41(62)49-13-4)52-40(61)34(25-30-19-21-31(59)22-20-30)54-44(65)38(28(8)12-3)56-42(63)36(26(5)6)51-29(9)58/h19-22,26-28,32-38,59H,10-18,23-25H2,1-9H3,(H,49,62)(H,51,58)(H,52,61)(H,53,64)(H,54,65)(H,55,60)(H,56,63)(H4,47,48,50)/t27-,28?,32-,33-,34-,35-,36-,37-,38-/m0/s1. The number of amides is 8. The quantitative estimate of drug-likeness (QED) is 0.0331. The van der Waals surface area contributed by atoms with Crippen molar-refractivity contribution in [2.24, 2.45) is 34.2 Å². The number of hydrogen-bond donors (Lipinski definition) is 10. The molecule has 9 atom stereocenters. The van der Waals surface area contributed by atoms with Crippen LogP contribution in [0.25, 0.3) is 0 Å². The van der Waals surface area contributed by atoms with Gasteiger partial charge in [0.1, 0.15) is 48.0 Å². The molecule has 20 nitrogen and oxygen atoms in total. The first-order valence-corrected chi connectivity index (χ1v) is 23.4. The molecule has 1 heterocycles. The minimum atomic E-state index is -1.28. The van der Waals surface area contributed by atoms with Crippen molar-refractivity contribution in [1.82, 2.24) is 42.1 Å². The SMILES string of the molecule is CCC[C@H](NC(=O)[C@H](Cc1ccc(O)cc1)NC(=O)[C@@H](NC(=O)[C@@H](NC(C)=O)C(C)C)C(C)CC)C(=O)N[C@H](C(=O)N[C@@H](CCCN=C(N)N)C(=O)N1CCC[C@H]1C(=O)NCC)[C@@H](C)CC. The normalized spacial score (nSPS) is 17.1. The van der Waals surface area contributed by atoms with Crippen molar-refractivity contribution in [3.63, 3.8) is 0 Å². The number of benzene rings is 1. The lowest BCUT2D eigenvalue weighted by Crippen LogP contribution is -2.61. The van der Waals surface area contributed by atoms with E-state index in [1.165, 1.54) is 24.0 Å². The predicted octanol–water partition coefficient (Wildman–Crippen LogP) is 0.592. The maximum Gasteiger partial charge on any atom is 0.245 e. The van der Waals surface area contributed by atoms with E-state index in [1.807, 2.05) is 20.8 Å². The van der Waals surface area contributed by atoms with Gasteiger partial charge in [0.25, 0.3) is 0 Å². The zero-order valence-electron chi connectivity index (χ0n) is 40.3. The van der Waals surface area contributed by atoms with Crippen molar-refractivity contribution in [3.05, 3.63) is 29.8 Å². The molecule has 0 aliphatic carbocycles. The number of nitrogens with one attached hydrogen (secondary N) is 7. The summed E-state index contributed by atoms with van der Waals surface area (Å²) in [6.45, 7) is 16.5. The van der Waals surface area contributed by atoms with Gasteiger partial charge in [-0.05, 0) is 74.5 Å². The van der Waals surface area contributed by atoms with Crippen LogP contribution in [0.4, 0.5) is 0 Å². The van der Waals surface area contributed by atoms with E-state index >= 15 is 0 Å². The van der Waals surface area contributed by atoms with Crippen LogP contribution >= 0.6 is 0 Å². The van der Waals surface area contributed by atoms with E-state index in [0.717, 1.165) is 0 Å². The Morgan fingerprint density at radius 3 is 1.76 bits per heavy atom. The van der Waals surface area contributed by atoms with Crippen molar-refractivity contribution < 1.29 is 43.5 Å². The second kappa shape index (κ2) is 28.2. The molecule has 12 N–H and O–H groups in total. The van der Waals surface area contributed by atoms with Gasteiger partial charge in [0.15, 0.2) is 5.96 Å². The second-order valence-corrected chi connectivity index (χ2v) is 17.5. The number of likely N-dealkylation sites (tertiary alicyclic amines) is 1. The van der Waals surface area contributed by atoms with Crippen LogP contribution in [0.3, 0.4) is 0 Å². The number of rotatable bonds is 27. The van der Waals surface area contributed by atoms with E-state index in [1.54, 1.807) is 46.8 Å². The summed E-state index contributed by atoms with van der Waals surface area (Å²) in [7, 11) is 0. The first kappa shape index (κ1) is 56.2. The number of nitrogens with two attached hydrogens (primary N) is 2. The van der Waals surface area contributed by atoms with Gasteiger partial charge in [-0.15, -0.1) is 0 Å². The third-order valence-corrected chi connectivity index (χ3v) is 11.9. The average Bonchev–Trinajstić information content (AvgIpc) is 3.77. The van der Waals surface area contributed by atoms with E-state index < -0.39 is 95.5 Å². The zero-order chi connectivity index (χ0) is 49.7. The molecule has 1 aliphatic heterocycles. The first-order chi connectivity index (χ1) is 31.2. The summed E-state index contributed by atoms with van der Waals surface area (Å²) in [5.74, 6) is -5.69. The van der Waals surface area contributed by atoms with E-state index in [4.69, 9.17) is 11.5 Å². The summed E-state index contributed by atoms with van der Waals surface area (Å²) in [6, 6.07) is -1.36. The fraction of sp³-hybridized carbons (Fsp3) is 0.674. The fourth-order valence-electron chi connectivity index (χ4n) is 7.64. The largest absolute Gasteiger partial charge is 0.508 e. The highest BCUT2D eigenvalue weighted by Gasteiger charge is 2.40. The third kappa shape index (κ3) is 17.8. The monoisotopic (exact) mass is 928 g/mol. The van der Waals surface area contributed by atoms with E-state index in [0.29, 0.717) is 57.2 Å². The summed E-state index contributed by atoms with van der Waals surface area (Å²) in [6.07, 6.45) is 2.99. The predicted molar refractivity (Wildman–Crippen MR) is 251 cm³/mol. The third-order valence-electron chi connectivity index (χ3n) is 11.9. The Hall–Kier alpha value is -5.95. The van der Waals surface area contributed by atoms with Gasteiger partial charge in [0.2, 0.25) is 47.3 Å². The van der Waals surface area contributed by atoms with Gasteiger partial charge in [-0.25, -0.2) is 0 Å². The van der Waals surface area contributed by atoms with Crippen LogP contribution in [0.5, 0.6) is 5.75 Å². The highest BCUT2D eigenvalue weighted by Crippen LogP contribution is 2.21. The summed E-state index contributed by atoms with van der Waals surface area (Å²) in [5.41, 5.74) is 11.6. The second-order valence-electron chi connectivity index (χ2n) is 17.5. The minimum absolute atomic E-state index is 0.0111. The average molecular weight is 928 g/mol. The highest BCUT2D eigenvalue weighted by molar-refractivity contribution is 5.98. The summed E-state index contributed by atoms with van der Waals surface area (Å²) >= 11 is 0. The van der Waals surface area contributed by atoms with Gasteiger partial charge in [-0.2, -0.15) is 0 Å². The number of aromatic hydroxyl groups is 1. The molecule has 2 rings (SSSR count). The van der Waals surface area contributed by atoms with Gasteiger partial charge < -0.3 is 58.7 Å². The Morgan fingerprint density at radius 2 is 1.24 bits per heavy atom. The maximum absolute atomic E-state index is 14.3. The number of phenolic OH excluding ortho intramolecular Hbond substituents is 1. The molecule has 1 saturated heterocycles. The van der Waals surface area contributed by atoms with Gasteiger partial charge >= 0.3 is 0 Å². The van der Waals surface area contributed by atoms with Crippen LogP contribution in [0.2, 0.25) is 0 Å². The maximum atomic E-state index is 14.3. The number of aliphatic imine (C=N–C) groups is 1.